The number of fused-ring (bicyclic) bond motifs is 1. The summed E-state index contributed by atoms with van der Waals surface area (Å²) >= 11 is 0. The lowest BCUT2D eigenvalue weighted by molar-refractivity contribution is 0.0999. The predicted molar refractivity (Wildman–Crippen MR) is 116 cm³/mol. The summed E-state index contributed by atoms with van der Waals surface area (Å²) in [5.41, 5.74) is 1.48. The molecular weight excluding hydrogens is 400 g/mol. The molecule has 0 aliphatic heterocycles. The number of primary sulfonamides is 1. The van der Waals surface area contributed by atoms with E-state index in [0.29, 0.717) is 27.7 Å². The van der Waals surface area contributed by atoms with Gasteiger partial charge in [0.1, 0.15) is 5.75 Å². The highest BCUT2D eigenvalue weighted by atomic mass is 32.2. The van der Waals surface area contributed by atoms with Gasteiger partial charge in [0.15, 0.2) is 0 Å². The van der Waals surface area contributed by atoms with Crippen molar-refractivity contribution in [3.05, 3.63) is 96.6 Å². The van der Waals surface area contributed by atoms with Crippen LogP contribution in [0.4, 0.5) is 11.4 Å². The van der Waals surface area contributed by atoms with Crippen LogP contribution >= 0.6 is 0 Å². The number of aromatic hydroxyl groups is 1. The van der Waals surface area contributed by atoms with E-state index in [1.807, 2.05) is 12.1 Å². The van der Waals surface area contributed by atoms with Crippen LogP contribution < -0.4 is 10.0 Å². The zero-order valence-electron chi connectivity index (χ0n) is 15.8. The fraction of sp³-hybridized carbons (Fsp3) is 0. The Morgan fingerprint density at radius 1 is 0.767 bits per heavy atom. The van der Waals surface area contributed by atoms with Crippen LogP contribution in [0.25, 0.3) is 10.8 Å². The zero-order valence-corrected chi connectivity index (χ0v) is 16.6. The van der Waals surface area contributed by atoms with Gasteiger partial charge in [-0.15, -0.1) is 0 Å². The number of benzene rings is 4. The number of phenolic OH excluding ortho intramolecular Hbond substituents is 1. The number of nitrogens with zero attached hydrogens (tertiary/aromatic N) is 1. The standard InChI is InChI=1S/C23H18N2O4S/c24-30(28,29)18-14-12-17(13-15-18)25(23(27)16-6-2-1-3-7-16)21-10-4-9-20-19(21)8-5-11-22(20)26/h1-15,26H,(H2,24,28,29). The summed E-state index contributed by atoms with van der Waals surface area (Å²) in [5, 5.41) is 16.7. The highest BCUT2D eigenvalue weighted by molar-refractivity contribution is 7.89. The van der Waals surface area contributed by atoms with Crippen LogP contribution in [-0.2, 0) is 10.0 Å². The molecule has 4 rings (SSSR count). The molecule has 30 heavy (non-hydrogen) atoms. The summed E-state index contributed by atoms with van der Waals surface area (Å²) in [6, 6.07) is 24.9. The van der Waals surface area contributed by atoms with Gasteiger partial charge in [-0.2, -0.15) is 0 Å². The average Bonchev–Trinajstić information content (AvgIpc) is 2.75. The summed E-state index contributed by atoms with van der Waals surface area (Å²) in [6.07, 6.45) is 0. The van der Waals surface area contributed by atoms with Gasteiger partial charge in [0.25, 0.3) is 5.91 Å². The molecule has 0 saturated carbocycles. The van der Waals surface area contributed by atoms with Crippen LogP contribution in [0.3, 0.4) is 0 Å². The first-order valence-electron chi connectivity index (χ1n) is 9.09. The van der Waals surface area contributed by atoms with E-state index in [0.717, 1.165) is 0 Å². The number of nitrogens with two attached hydrogens (primary N) is 1. The maximum atomic E-state index is 13.5. The van der Waals surface area contributed by atoms with Crippen molar-refractivity contribution in [2.24, 2.45) is 5.14 Å². The van der Waals surface area contributed by atoms with Crippen LogP contribution in [0.2, 0.25) is 0 Å². The molecule has 0 aromatic heterocycles. The van der Waals surface area contributed by atoms with Crippen LogP contribution in [0.1, 0.15) is 10.4 Å². The van der Waals surface area contributed by atoms with Crippen LogP contribution in [0, 0.1) is 0 Å². The van der Waals surface area contributed by atoms with E-state index in [1.165, 1.54) is 29.2 Å². The van der Waals surface area contributed by atoms with Gasteiger partial charge in [-0.3, -0.25) is 9.69 Å². The maximum Gasteiger partial charge on any atom is 0.262 e. The molecule has 0 fully saturated rings. The molecular formula is C23H18N2O4S. The van der Waals surface area contributed by atoms with Crippen molar-refractivity contribution >= 4 is 38.1 Å². The minimum Gasteiger partial charge on any atom is -0.507 e. The lowest BCUT2D eigenvalue weighted by Gasteiger charge is -2.25. The monoisotopic (exact) mass is 418 g/mol. The maximum absolute atomic E-state index is 13.5. The van der Waals surface area contributed by atoms with Crippen molar-refractivity contribution < 1.29 is 18.3 Å². The van der Waals surface area contributed by atoms with E-state index < -0.39 is 10.0 Å². The van der Waals surface area contributed by atoms with E-state index >= 15 is 0 Å². The SMILES string of the molecule is NS(=O)(=O)c1ccc(N(C(=O)c2ccccc2)c2cccc3c(O)cccc23)cc1. The van der Waals surface area contributed by atoms with Crippen molar-refractivity contribution in [1.29, 1.82) is 0 Å². The van der Waals surface area contributed by atoms with Crippen LogP contribution in [-0.4, -0.2) is 19.4 Å². The number of phenols is 1. The number of anilines is 2. The van der Waals surface area contributed by atoms with E-state index in [9.17, 15) is 18.3 Å². The third kappa shape index (κ3) is 3.63. The molecule has 1 amide bonds. The van der Waals surface area contributed by atoms with E-state index in [2.05, 4.69) is 0 Å². The molecule has 0 bridgehead atoms. The highest BCUT2D eigenvalue weighted by Crippen LogP contribution is 2.36. The number of carbonyl (C=O) groups is 1. The predicted octanol–water partition coefficient (Wildman–Crippen LogP) is 4.17. The van der Waals surface area contributed by atoms with Crippen LogP contribution in [0.15, 0.2) is 95.9 Å². The Balaban J connectivity index is 1.94. The van der Waals surface area contributed by atoms with E-state index in [1.54, 1.807) is 54.6 Å². The molecule has 6 nitrogen and oxygen atoms in total. The molecule has 0 atom stereocenters. The fourth-order valence-corrected chi connectivity index (χ4v) is 3.85. The summed E-state index contributed by atoms with van der Waals surface area (Å²) < 4.78 is 23.2. The second kappa shape index (κ2) is 7.62. The van der Waals surface area contributed by atoms with E-state index in [-0.39, 0.29) is 16.6 Å². The van der Waals surface area contributed by atoms with Crippen molar-refractivity contribution in [1.82, 2.24) is 0 Å². The molecule has 0 aliphatic rings. The Morgan fingerprint density at radius 2 is 1.40 bits per heavy atom. The molecule has 150 valence electrons. The van der Waals surface area contributed by atoms with Gasteiger partial charge in [0.2, 0.25) is 10.0 Å². The Hall–Kier alpha value is -3.68. The lowest BCUT2D eigenvalue weighted by Crippen LogP contribution is -2.26. The fourth-order valence-electron chi connectivity index (χ4n) is 3.33. The number of rotatable bonds is 4. The Bertz CT molecular complexity index is 1340. The van der Waals surface area contributed by atoms with Crippen molar-refractivity contribution in [2.45, 2.75) is 4.90 Å². The summed E-state index contributed by atoms with van der Waals surface area (Å²) in [6.45, 7) is 0. The summed E-state index contributed by atoms with van der Waals surface area (Å²) in [7, 11) is -3.86. The highest BCUT2D eigenvalue weighted by Gasteiger charge is 2.22. The van der Waals surface area contributed by atoms with Gasteiger partial charge in [0.05, 0.1) is 10.6 Å². The molecule has 0 spiro atoms. The largest absolute Gasteiger partial charge is 0.507 e. The topological polar surface area (TPSA) is 101 Å². The molecule has 7 heteroatoms. The quantitative estimate of drug-likeness (QED) is 0.519. The Kier molecular flexibility index (Phi) is 4.99. The molecule has 4 aromatic rings. The lowest BCUT2D eigenvalue weighted by atomic mass is 10.1. The number of hydrogen-bond donors (Lipinski definition) is 2. The minimum absolute atomic E-state index is 0.0473. The minimum atomic E-state index is -3.86. The first-order chi connectivity index (χ1) is 14.4. The van der Waals surface area contributed by atoms with Crippen molar-refractivity contribution in [3.8, 4) is 5.75 Å². The normalized spacial score (nSPS) is 11.4. The van der Waals surface area contributed by atoms with Gasteiger partial charge in [-0.1, -0.05) is 42.5 Å². The van der Waals surface area contributed by atoms with Gasteiger partial charge in [-0.25, -0.2) is 13.6 Å². The number of hydrogen-bond acceptors (Lipinski definition) is 4. The number of sulfonamides is 1. The van der Waals surface area contributed by atoms with Gasteiger partial charge >= 0.3 is 0 Å². The molecule has 0 radical (unpaired) electrons. The second-order valence-electron chi connectivity index (χ2n) is 6.69. The average molecular weight is 418 g/mol. The van der Waals surface area contributed by atoms with Crippen molar-refractivity contribution in [2.75, 3.05) is 4.90 Å². The third-order valence-electron chi connectivity index (χ3n) is 4.76. The van der Waals surface area contributed by atoms with Gasteiger partial charge in [0, 0.05) is 22.0 Å². The molecule has 0 aliphatic carbocycles. The van der Waals surface area contributed by atoms with Crippen molar-refractivity contribution in [3.63, 3.8) is 0 Å². The Labute approximate surface area is 173 Å². The second-order valence-corrected chi connectivity index (χ2v) is 8.26. The Morgan fingerprint density at radius 3 is 2.07 bits per heavy atom. The number of carbonyl (C=O) groups excluding carboxylic acids is 1. The first-order valence-corrected chi connectivity index (χ1v) is 10.6. The molecule has 4 aromatic carbocycles. The summed E-state index contributed by atoms with van der Waals surface area (Å²) in [4.78, 5) is 14.9. The van der Waals surface area contributed by atoms with E-state index in [4.69, 9.17) is 5.14 Å². The molecule has 0 heterocycles. The summed E-state index contributed by atoms with van der Waals surface area (Å²) in [5.74, 6) is -0.194. The molecule has 0 saturated heterocycles. The molecule has 3 N–H and O–H groups in total. The van der Waals surface area contributed by atoms with Gasteiger partial charge < -0.3 is 5.11 Å². The molecule has 0 unspecified atom stereocenters. The van der Waals surface area contributed by atoms with Crippen LogP contribution in [0.5, 0.6) is 5.75 Å². The third-order valence-corrected chi connectivity index (χ3v) is 5.69. The smallest absolute Gasteiger partial charge is 0.262 e. The first kappa shape index (κ1) is 19.6. The number of amides is 1. The zero-order chi connectivity index (χ0) is 21.3. The van der Waals surface area contributed by atoms with Gasteiger partial charge in [-0.05, 0) is 48.5 Å².